The molecule has 5 rings (SSSR count). The van der Waals surface area contributed by atoms with Gasteiger partial charge in [0.2, 0.25) is 0 Å². The van der Waals surface area contributed by atoms with E-state index in [-0.39, 0.29) is 5.82 Å². The summed E-state index contributed by atoms with van der Waals surface area (Å²) in [6.07, 6.45) is 1.66. The van der Waals surface area contributed by atoms with Crippen molar-refractivity contribution in [3.05, 3.63) is 71.6 Å². The number of aromatic nitrogens is 2. The number of aryl methyl sites for hydroxylation is 1. The summed E-state index contributed by atoms with van der Waals surface area (Å²) in [5, 5.41) is 1.08. The zero-order chi connectivity index (χ0) is 19.8. The molecule has 2 aromatic heterocycles. The Morgan fingerprint density at radius 2 is 1.55 bits per heavy atom. The first-order valence-electron chi connectivity index (χ1n) is 9.76. The van der Waals surface area contributed by atoms with Gasteiger partial charge < -0.3 is 9.80 Å². The van der Waals surface area contributed by atoms with E-state index in [1.165, 1.54) is 22.7 Å². The van der Waals surface area contributed by atoms with Crippen LogP contribution in [0.4, 0.5) is 15.9 Å². The molecule has 6 heteroatoms. The second kappa shape index (κ2) is 7.44. The van der Waals surface area contributed by atoms with Gasteiger partial charge in [-0.1, -0.05) is 30.3 Å². The predicted molar refractivity (Wildman–Crippen MR) is 118 cm³/mol. The third kappa shape index (κ3) is 3.34. The zero-order valence-corrected chi connectivity index (χ0v) is 17.0. The summed E-state index contributed by atoms with van der Waals surface area (Å²) in [6.45, 7) is 5.80. The molecule has 1 aliphatic heterocycles. The first kappa shape index (κ1) is 18.1. The minimum absolute atomic E-state index is 0.223. The molecule has 0 aliphatic carbocycles. The average Bonchev–Trinajstić information content (AvgIpc) is 3.11. The van der Waals surface area contributed by atoms with Crippen molar-refractivity contribution < 1.29 is 4.39 Å². The van der Waals surface area contributed by atoms with Crippen molar-refractivity contribution >= 4 is 33.1 Å². The third-order valence-electron chi connectivity index (χ3n) is 5.48. The number of thiophene rings is 1. The van der Waals surface area contributed by atoms with Gasteiger partial charge in [0.05, 0.1) is 5.39 Å². The number of rotatable bonds is 3. The summed E-state index contributed by atoms with van der Waals surface area (Å²) in [4.78, 5) is 16.1. The summed E-state index contributed by atoms with van der Waals surface area (Å²) < 4.78 is 13.5. The Balaban J connectivity index is 1.50. The Morgan fingerprint density at radius 3 is 2.28 bits per heavy atom. The maximum absolute atomic E-state index is 13.5. The molecule has 2 aromatic carbocycles. The summed E-state index contributed by atoms with van der Waals surface area (Å²) >= 11 is 1.67. The molecule has 0 atom stereocenters. The SMILES string of the molecule is Cc1sc2ncnc(N3CCN(c4ccccc4)CC3)c2c1-c1ccc(F)cc1. The van der Waals surface area contributed by atoms with E-state index in [1.807, 2.05) is 18.2 Å². The first-order valence-corrected chi connectivity index (χ1v) is 10.6. The minimum atomic E-state index is -0.223. The van der Waals surface area contributed by atoms with Crippen LogP contribution in [0.15, 0.2) is 60.9 Å². The van der Waals surface area contributed by atoms with E-state index in [1.54, 1.807) is 17.7 Å². The number of nitrogens with zero attached hydrogens (tertiary/aromatic N) is 4. The lowest BCUT2D eigenvalue weighted by Gasteiger charge is -2.37. The van der Waals surface area contributed by atoms with Crippen molar-refractivity contribution in [2.24, 2.45) is 0 Å². The molecule has 0 saturated carbocycles. The molecule has 4 nitrogen and oxygen atoms in total. The van der Waals surface area contributed by atoms with Gasteiger partial charge in [-0.15, -0.1) is 11.3 Å². The van der Waals surface area contributed by atoms with Crippen LogP contribution in [0, 0.1) is 12.7 Å². The highest BCUT2D eigenvalue weighted by Gasteiger charge is 2.23. The van der Waals surface area contributed by atoms with Crippen molar-refractivity contribution in [1.29, 1.82) is 0 Å². The molecule has 0 amide bonds. The van der Waals surface area contributed by atoms with Crippen LogP contribution in [-0.4, -0.2) is 36.1 Å². The van der Waals surface area contributed by atoms with Crippen molar-refractivity contribution in [2.45, 2.75) is 6.92 Å². The Kier molecular flexibility index (Phi) is 4.64. The molecular formula is C23H21FN4S. The highest BCUT2D eigenvalue weighted by molar-refractivity contribution is 7.19. The van der Waals surface area contributed by atoms with Gasteiger partial charge in [0.15, 0.2) is 0 Å². The Bertz CT molecular complexity index is 1130. The zero-order valence-electron chi connectivity index (χ0n) is 16.2. The molecule has 3 heterocycles. The molecule has 0 radical (unpaired) electrons. The third-order valence-corrected chi connectivity index (χ3v) is 6.49. The smallest absolute Gasteiger partial charge is 0.141 e. The normalized spacial score (nSPS) is 14.6. The van der Waals surface area contributed by atoms with Crippen LogP contribution in [0.25, 0.3) is 21.3 Å². The predicted octanol–water partition coefficient (Wildman–Crippen LogP) is 5.13. The number of para-hydroxylation sites is 1. The number of anilines is 2. The highest BCUT2D eigenvalue weighted by atomic mass is 32.1. The molecule has 4 aromatic rings. The highest BCUT2D eigenvalue weighted by Crippen LogP contribution is 2.41. The van der Waals surface area contributed by atoms with Gasteiger partial charge in [-0.3, -0.25) is 0 Å². The molecule has 1 fully saturated rings. The maximum Gasteiger partial charge on any atom is 0.141 e. The van der Waals surface area contributed by atoms with Crippen molar-refractivity contribution in [3.63, 3.8) is 0 Å². The number of halogens is 1. The van der Waals surface area contributed by atoms with Gasteiger partial charge in [0.1, 0.15) is 22.8 Å². The van der Waals surface area contributed by atoms with E-state index in [9.17, 15) is 4.39 Å². The molecule has 146 valence electrons. The Hall–Kier alpha value is -2.99. The van der Waals surface area contributed by atoms with Gasteiger partial charge in [-0.2, -0.15) is 0 Å². The van der Waals surface area contributed by atoms with Crippen LogP contribution in [0.3, 0.4) is 0 Å². The van der Waals surface area contributed by atoms with Crippen LogP contribution < -0.4 is 9.80 Å². The van der Waals surface area contributed by atoms with Crippen molar-refractivity contribution in [1.82, 2.24) is 9.97 Å². The van der Waals surface area contributed by atoms with Crippen LogP contribution in [0.5, 0.6) is 0 Å². The molecule has 1 saturated heterocycles. The van der Waals surface area contributed by atoms with E-state index in [0.29, 0.717) is 0 Å². The number of benzene rings is 2. The molecule has 0 spiro atoms. The first-order chi connectivity index (χ1) is 14.2. The minimum Gasteiger partial charge on any atom is -0.368 e. The van der Waals surface area contributed by atoms with Crippen LogP contribution in [0.2, 0.25) is 0 Å². The quantitative estimate of drug-likeness (QED) is 0.474. The summed E-state index contributed by atoms with van der Waals surface area (Å²) in [5.41, 5.74) is 3.39. The molecule has 0 unspecified atom stereocenters. The van der Waals surface area contributed by atoms with Crippen LogP contribution >= 0.6 is 11.3 Å². The van der Waals surface area contributed by atoms with Crippen molar-refractivity contribution in [3.8, 4) is 11.1 Å². The second-order valence-corrected chi connectivity index (χ2v) is 8.43. The van der Waals surface area contributed by atoms with E-state index in [0.717, 1.165) is 53.3 Å². The maximum atomic E-state index is 13.5. The topological polar surface area (TPSA) is 32.3 Å². The number of piperazine rings is 1. The number of hydrogen-bond acceptors (Lipinski definition) is 5. The second-order valence-electron chi connectivity index (χ2n) is 7.23. The summed E-state index contributed by atoms with van der Waals surface area (Å²) in [5.74, 6) is 0.755. The largest absolute Gasteiger partial charge is 0.368 e. The van der Waals surface area contributed by atoms with E-state index in [4.69, 9.17) is 0 Å². The molecule has 0 bridgehead atoms. The van der Waals surface area contributed by atoms with Crippen molar-refractivity contribution in [2.75, 3.05) is 36.0 Å². The van der Waals surface area contributed by atoms with Gasteiger partial charge in [0.25, 0.3) is 0 Å². The van der Waals surface area contributed by atoms with E-state index < -0.39 is 0 Å². The van der Waals surface area contributed by atoms with Gasteiger partial charge >= 0.3 is 0 Å². The summed E-state index contributed by atoms with van der Waals surface area (Å²) in [6, 6.07) is 17.2. The standard InChI is InChI=1S/C23H21FN4S/c1-16-20(17-7-9-18(24)10-8-17)21-22(25-15-26-23(21)29-16)28-13-11-27(12-14-28)19-5-3-2-4-6-19/h2-10,15H,11-14H2,1H3. The molecule has 0 N–H and O–H groups in total. The molecule has 1 aliphatic rings. The fourth-order valence-corrected chi connectivity index (χ4v) is 5.06. The molecule has 29 heavy (non-hydrogen) atoms. The van der Waals surface area contributed by atoms with Crippen LogP contribution in [0.1, 0.15) is 4.88 Å². The summed E-state index contributed by atoms with van der Waals surface area (Å²) in [7, 11) is 0. The lowest BCUT2D eigenvalue weighted by atomic mass is 10.0. The number of hydrogen-bond donors (Lipinski definition) is 0. The van der Waals surface area contributed by atoms with E-state index >= 15 is 0 Å². The Morgan fingerprint density at radius 1 is 0.862 bits per heavy atom. The van der Waals surface area contributed by atoms with Crippen LogP contribution in [-0.2, 0) is 0 Å². The Labute approximate surface area is 173 Å². The van der Waals surface area contributed by atoms with Gasteiger partial charge in [-0.25, -0.2) is 14.4 Å². The average molecular weight is 405 g/mol. The van der Waals surface area contributed by atoms with Gasteiger partial charge in [0, 0.05) is 42.3 Å². The molecular weight excluding hydrogens is 383 g/mol. The lowest BCUT2D eigenvalue weighted by Crippen LogP contribution is -2.46. The lowest BCUT2D eigenvalue weighted by molar-refractivity contribution is 0.628. The monoisotopic (exact) mass is 404 g/mol. The number of fused-ring (bicyclic) bond motifs is 1. The van der Waals surface area contributed by atoms with Gasteiger partial charge in [-0.05, 0) is 36.8 Å². The fraction of sp³-hybridized carbons (Fsp3) is 0.217. The van der Waals surface area contributed by atoms with E-state index in [2.05, 4.69) is 51.0 Å². The fourth-order valence-electron chi connectivity index (χ4n) is 4.05.